The second-order valence-electron chi connectivity index (χ2n) is 7.60. The Morgan fingerprint density at radius 2 is 1.83 bits per heavy atom. The monoisotopic (exact) mass is 422 g/mol. The van der Waals surface area contributed by atoms with Crippen molar-refractivity contribution in [3.05, 3.63) is 70.7 Å². The number of aromatic nitrogens is 1. The van der Waals surface area contributed by atoms with E-state index in [-0.39, 0.29) is 11.3 Å². The standard InChI is InChI=1S/C24H26N2O3S/c1-17-21(30-23(26-17)18-6-4-3-5-7-18)22(27)25-16-24(12-14-29-15-13-24)19-8-10-20(28-2)11-9-19/h3-11H,12-16H2,1-2H3,(H,25,27). The molecule has 0 bridgehead atoms. The summed E-state index contributed by atoms with van der Waals surface area (Å²) in [5.41, 5.74) is 2.87. The van der Waals surface area contributed by atoms with E-state index in [9.17, 15) is 4.79 Å². The van der Waals surface area contributed by atoms with Gasteiger partial charge in [0.2, 0.25) is 0 Å². The van der Waals surface area contributed by atoms with Crippen molar-refractivity contribution in [2.24, 2.45) is 0 Å². The fourth-order valence-corrected chi connectivity index (χ4v) is 4.90. The topological polar surface area (TPSA) is 60.5 Å². The summed E-state index contributed by atoms with van der Waals surface area (Å²) in [7, 11) is 1.67. The van der Waals surface area contributed by atoms with E-state index in [1.165, 1.54) is 16.9 Å². The predicted molar refractivity (Wildman–Crippen MR) is 119 cm³/mol. The van der Waals surface area contributed by atoms with Gasteiger partial charge < -0.3 is 14.8 Å². The van der Waals surface area contributed by atoms with E-state index in [1.54, 1.807) is 7.11 Å². The zero-order chi connectivity index (χ0) is 21.0. The third-order valence-corrected chi connectivity index (χ3v) is 6.97. The van der Waals surface area contributed by atoms with E-state index < -0.39 is 0 Å². The summed E-state index contributed by atoms with van der Waals surface area (Å²) in [6.45, 7) is 3.85. The van der Waals surface area contributed by atoms with Crippen LogP contribution in [0.4, 0.5) is 0 Å². The summed E-state index contributed by atoms with van der Waals surface area (Å²) in [5, 5.41) is 4.06. The molecule has 2 aromatic carbocycles. The van der Waals surface area contributed by atoms with Crippen molar-refractivity contribution in [2.45, 2.75) is 25.2 Å². The van der Waals surface area contributed by atoms with Gasteiger partial charge in [0.25, 0.3) is 5.91 Å². The third-order valence-electron chi connectivity index (χ3n) is 5.76. The summed E-state index contributed by atoms with van der Waals surface area (Å²) >= 11 is 1.44. The highest BCUT2D eigenvalue weighted by molar-refractivity contribution is 7.17. The fraction of sp³-hybridized carbons (Fsp3) is 0.333. The Kier molecular flexibility index (Phi) is 6.16. The molecule has 0 saturated carbocycles. The molecule has 30 heavy (non-hydrogen) atoms. The number of thiazole rings is 1. The smallest absolute Gasteiger partial charge is 0.263 e. The van der Waals surface area contributed by atoms with Crippen molar-refractivity contribution < 1.29 is 14.3 Å². The van der Waals surface area contributed by atoms with Crippen molar-refractivity contribution in [3.8, 4) is 16.3 Å². The van der Waals surface area contributed by atoms with Crippen LogP contribution in [-0.4, -0.2) is 37.8 Å². The lowest BCUT2D eigenvalue weighted by molar-refractivity contribution is 0.0487. The second-order valence-corrected chi connectivity index (χ2v) is 8.60. The molecule has 1 amide bonds. The summed E-state index contributed by atoms with van der Waals surface area (Å²) in [6.07, 6.45) is 1.74. The molecule has 1 aliphatic rings. The molecule has 1 aliphatic heterocycles. The number of ether oxygens (including phenoxy) is 2. The molecule has 156 valence electrons. The molecule has 4 rings (SSSR count). The molecule has 1 fully saturated rings. The minimum Gasteiger partial charge on any atom is -0.497 e. The summed E-state index contributed by atoms with van der Waals surface area (Å²) in [4.78, 5) is 18.3. The number of carbonyl (C=O) groups excluding carboxylic acids is 1. The Balaban J connectivity index is 1.52. The number of rotatable bonds is 6. The minimum atomic E-state index is -0.138. The average molecular weight is 423 g/mol. The molecular formula is C24H26N2O3S. The molecule has 0 spiro atoms. The van der Waals surface area contributed by atoms with Gasteiger partial charge in [-0.1, -0.05) is 42.5 Å². The number of aryl methyl sites for hydroxylation is 1. The molecule has 2 heterocycles. The SMILES string of the molecule is COc1ccc(C2(CNC(=O)c3sc(-c4ccccc4)nc3C)CCOCC2)cc1. The summed E-state index contributed by atoms with van der Waals surface area (Å²) < 4.78 is 10.9. The van der Waals surface area contributed by atoms with Crippen molar-refractivity contribution in [1.82, 2.24) is 10.3 Å². The van der Waals surface area contributed by atoms with Crippen LogP contribution in [0.2, 0.25) is 0 Å². The average Bonchev–Trinajstić information content (AvgIpc) is 3.20. The molecule has 6 heteroatoms. The second kappa shape index (κ2) is 8.98. The molecule has 0 radical (unpaired) electrons. The lowest BCUT2D eigenvalue weighted by atomic mass is 9.74. The molecule has 1 N–H and O–H groups in total. The van der Waals surface area contributed by atoms with Crippen molar-refractivity contribution in [2.75, 3.05) is 26.9 Å². The van der Waals surface area contributed by atoms with Crippen LogP contribution in [0.25, 0.3) is 10.6 Å². The molecular weight excluding hydrogens is 396 g/mol. The maximum absolute atomic E-state index is 13.0. The summed E-state index contributed by atoms with van der Waals surface area (Å²) in [6, 6.07) is 18.1. The number of hydrogen-bond donors (Lipinski definition) is 1. The Bertz CT molecular complexity index is 993. The number of methoxy groups -OCH3 is 1. The lowest BCUT2D eigenvalue weighted by Gasteiger charge is -2.38. The minimum absolute atomic E-state index is 0.0634. The van der Waals surface area contributed by atoms with Gasteiger partial charge in [-0.3, -0.25) is 4.79 Å². The Labute approximate surface area is 181 Å². The number of nitrogens with zero attached hydrogens (tertiary/aromatic N) is 1. The Morgan fingerprint density at radius 3 is 2.50 bits per heavy atom. The van der Waals surface area contributed by atoms with Gasteiger partial charge in [0.1, 0.15) is 15.6 Å². The number of hydrogen-bond acceptors (Lipinski definition) is 5. The van der Waals surface area contributed by atoms with Crippen LogP contribution in [-0.2, 0) is 10.2 Å². The molecule has 0 atom stereocenters. The predicted octanol–water partition coefficient (Wildman–Crippen LogP) is 4.61. The number of nitrogens with one attached hydrogen (secondary N) is 1. The van der Waals surface area contributed by atoms with Gasteiger partial charge in [0, 0.05) is 30.7 Å². The van der Waals surface area contributed by atoms with E-state index in [1.807, 2.05) is 49.4 Å². The largest absolute Gasteiger partial charge is 0.497 e. The van der Waals surface area contributed by atoms with Crippen molar-refractivity contribution >= 4 is 17.2 Å². The van der Waals surface area contributed by atoms with Gasteiger partial charge in [0.05, 0.1) is 12.8 Å². The van der Waals surface area contributed by atoms with Crippen LogP contribution < -0.4 is 10.1 Å². The van der Waals surface area contributed by atoms with Crippen LogP contribution in [0.15, 0.2) is 54.6 Å². The van der Waals surface area contributed by atoms with Gasteiger partial charge in [0.15, 0.2) is 0 Å². The zero-order valence-corrected chi connectivity index (χ0v) is 18.1. The van der Waals surface area contributed by atoms with Crippen LogP contribution in [0, 0.1) is 6.92 Å². The first-order chi connectivity index (χ1) is 14.6. The molecule has 0 unspecified atom stereocenters. The first-order valence-electron chi connectivity index (χ1n) is 10.1. The van der Waals surface area contributed by atoms with Gasteiger partial charge >= 0.3 is 0 Å². The molecule has 0 aliphatic carbocycles. The quantitative estimate of drug-likeness (QED) is 0.630. The van der Waals surface area contributed by atoms with Gasteiger partial charge in [-0.2, -0.15) is 0 Å². The third kappa shape index (κ3) is 4.25. The lowest BCUT2D eigenvalue weighted by Crippen LogP contribution is -2.44. The number of carbonyl (C=O) groups is 1. The normalized spacial score (nSPS) is 15.5. The van der Waals surface area contributed by atoms with Gasteiger partial charge in [-0.15, -0.1) is 11.3 Å². The molecule has 1 saturated heterocycles. The van der Waals surface area contributed by atoms with E-state index >= 15 is 0 Å². The van der Waals surface area contributed by atoms with Gasteiger partial charge in [-0.05, 0) is 37.5 Å². The van der Waals surface area contributed by atoms with E-state index in [2.05, 4.69) is 22.4 Å². The van der Waals surface area contributed by atoms with Crippen molar-refractivity contribution in [1.29, 1.82) is 0 Å². The Morgan fingerprint density at radius 1 is 1.13 bits per heavy atom. The van der Waals surface area contributed by atoms with Crippen LogP contribution >= 0.6 is 11.3 Å². The fourth-order valence-electron chi connectivity index (χ4n) is 3.92. The van der Waals surface area contributed by atoms with E-state index in [0.29, 0.717) is 24.6 Å². The number of benzene rings is 2. The highest BCUT2D eigenvalue weighted by Crippen LogP contribution is 2.35. The highest BCUT2D eigenvalue weighted by atomic mass is 32.1. The number of amides is 1. The van der Waals surface area contributed by atoms with Crippen LogP contribution in [0.1, 0.15) is 33.8 Å². The van der Waals surface area contributed by atoms with E-state index in [0.717, 1.165) is 34.9 Å². The first kappa shape index (κ1) is 20.6. The maximum atomic E-state index is 13.0. The van der Waals surface area contributed by atoms with Crippen molar-refractivity contribution in [3.63, 3.8) is 0 Å². The molecule has 3 aromatic rings. The van der Waals surface area contributed by atoms with Crippen LogP contribution in [0.3, 0.4) is 0 Å². The highest BCUT2D eigenvalue weighted by Gasteiger charge is 2.35. The van der Waals surface area contributed by atoms with Crippen LogP contribution in [0.5, 0.6) is 5.75 Å². The van der Waals surface area contributed by atoms with Gasteiger partial charge in [-0.25, -0.2) is 4.98 Å². The maximum Gasteiger partial charge on any atom is 0.263 e. The van der Waals surface area contributed by atoms with E-state index in [4.69, 9.17) is 9.47 Å². The summed E-state index contributed by atoms with van der Waals surface area (Å²) in [5.74, 6) is 0.769. The zero-order valence-electron chi connectivity index (χ0n) is 17.3. The first-order valence-corrected chi connectivity index (χ1v) is 11.0. The Hall–Kier alpha value is -2.70. The molecule has 1 aromatic heterocycles. The molecule has 5 nitrogen and oxygen atoms in total.